The predicted molar refractivity (Wildman–Crippen MR) is 139 cm³/mol. The van der Waals surface area contributed by atoms with E-state index in [1.807, 2.05) is 27.7 Å². The number of ether oxygens (including phenoxy) is 1. The van der Waals surface area contributed by atoms with Gasteiger partial charge in [0.05, 0.1) is 13.2 Å². The van der Waals surface area contributed by atoms with Crippen LogP contribution in [0, 0.1) is 5.41 Å². The molecule has 36 heavy (non-hydrogen) atoms. The third kappa shape index (κ3) is 6.01. The van der Waals surface area contributed by atoms with Crippen LogP contribution in [-0.2, 0) is 21.8 Å². The molecule has 10 nitrogen and oxygen atoms in total. The molecular formula is C25H33N5O5S. The molecule has 0 radical (unpaired) electrons. The molecule has 0 saturated heterocycles. The van der Waals surface area contributed by atoms with Crippen LogP contribution in [-0.4, -0.2) is 68.2 Å². The second kappa shape index (κ2) is 10.3. The Labute approximate surface area is 211 Å². The van der Waals surface area contributed by atoms with Gasteiger partial charge in [-0.1, -0.05) is 20.8 Å². The molecule has 0 bridgehead atoms. The van der Waals surface area contributed by atoms with Crippen LogP contribution in [0.3, 0.4) is 0 Å². The molecule has 1 aromatic carbocycles. The molecule has 0 spiro atoms. The first kappa shape index (κ1) is 27.1. The number of anilines is 1. The molecule has 2 heterocycles. The number of fused-ring (bicyclic) bond motifs is 1. The molecule has 0 unspecified atom stereocenters. The number of pyridine rings is 1. The van der Waals surface area contributed by atoms with Crippen LogP contribution < -0.4 is 15.4 Å². The van der Waals surface area contributed by atoms with Gasteiger partial charge >= 0.3 is 0 Å². The van der Waals surface area contributed by atoms with Gasteiger partial charge in [0, 0.05) is 36.7 Å². The predicted octanol–water partition coefficient (Wildman–Crippen LogP) is 2.58. The van der Waals surface area contributed by atoms with E-state index in [-0.39, 0.29) is 35.1 Å². The number of rotatable bonds is 9. The average molecular weight is 516 g/mol. The van der Waals surface area contributed by atoms with E-state index in [4.69, 9.17) is 10.1 Å². The Hall–Kier alpha value is -3.47. The summed E-state index contributed by atoms with van der Waals surface area (Å²) in [6, 6.07) is 6.85. The van der Waals surface area contributed by atoms with Gasteiger partial charge in [0.25, 0.3) is 5.91 Å². The summed E-state index contributed by atoms with van der Waals surface area (Å²) >= 11 is 0. The lowest BCUT2D eigenvalue weighted by Gasteiger charge is -2.24. The van der Waals surface area contributed by atoms with Gasteiger partial charge in [0.1, 0.15) is 17.4 Å². The smallest absolute Gasteiger partial charge is 0.273 e. The SMILES string of the molecule is CCOc1cc2c(nc1C(=O)NC)C(=N)N(CC(=O)c1ccc(NCS(C)(=O)=O)c(C(C)(C)C)c1)C2. The number of amides is 1. The van der Waals surface area contributed by atoms with Crippen molar-refractivity contribution >= 4 is 33.1 Å². The van der Waals surface area contributed by atoms with Crippen molar-refractivity contribution in [3.63, 3.8) is 0 Å². The second-order valence-electron chi connectivity index (χ2n) is 9.74. The van der Waals surface area contributed by atoms with Gasteiger partial charge in [-0.15, -0.1) is 0 Å². The van der Waals surface area contributed by atoms with Gasteiger partial charge in [-0.25, -0.2) is 13.4 Å². The minimum absolute atomic E-state index is 0.0475. The van der Waals surface area contributed by atoms with Gasteiger partial charge < -0.3 is 20.3 Å². The van der Waals surface area contributed by atoms with Crippen molar-refractivity contribution in [2.24, 2.45) is 0 Å². The number of Topliss-reactive ketones (excluding diaryl/α,β-unsaturated/α-hetero) is 1. The highest BCUT2D eigenvalue weighted by Crippen LogP contribution is 2.32. The van der Waals surface area contributed by atoms with Crippen molar-refractivity contribution in [1.29, 1.82) is 5.41 Å². The number of ketones is 1. The minimum Gasteiger partial charge on any atom is -0.491 e. The van der Waals surface area contributed by atoms with E-state index in [0.29, 0.717) is 41.4 Å². The van der Waals surface area contributed by atoms with Gasteiger partial charge in [0.2, 0.25) is 0 Å². The lowest BCUT2D eigenvalue weighted by molar-refractivity contribution is 0.0949. The number of amidine groups is 1. The number of nitrogens with zero attached hydrogens (tertiary/aromatic N) is 2. The number of benzene rings is 1. The summed E-state index contributed by atoms with van der Waals surface area (Å²) < 4.78 is 28.8. The fraction of sp³-hybridized carbons (Fsp3) is 0.440. The monoisotopic (exact) mass is 515 g/mol. The first-order valence-corrected chi connectivity index (χ1v) is 13.6. The summed E-state index contributed by atoms with van der Waals surface area (Å²) in [5.41, 5.74) is 2.74. The standard InChI is InChI=1S/C25H33N5O5S/c1-7-35-20-11-16-12-30(23(26)21(16)29-22(20)24(32)27-5)13-19(31)15-8-9-18(28-14-36(6,33)34)17(10-15)25(2,3)4/h8-11,26,28H,7,12-14H2,1-6H3,(H,27,32). The van der Waals surface area contributed by atoms with Crippen molar-refractivity contribution < 1.29 is 22.7 Å². The lowest BCUT2D eigenvalue weighted by atomic mass is 9.84. The maximum atomic E-state index is 13.2. The summed E-state index contributed by atoms with van der Waals surface area (Å²) in [4.78, 5) is 31.5. The van der Waals surface area contributed by atoms with E-state index in [9.17, 15) is 18.0 Å². The molecule has 0 aliphatic carbocycles. The van der Waals surface area contributed by atoms with E-state index < -0.39 is 15.7 Å². The molecule has 0 atom stereocenters. The van der Waals surface area contributed by atoms with Crippen molar-refractivity contribution in [3.8, 4) is 5.75 Å². The highest BCUT2D eigenvalue weighted by Gasteiger charge is 2.31. The maximum absolute atomic E-state index is 13.2. The summed E-state index contributed by atoms with van der Waals surface area (Å²) in [5, 5.41) is 14.1. The summed E-state index contributed by atoms with van der Waals surface area (Å²) in [5.74, 6) is -0.411. The molecule has 0 saturated carbocycles. The minimum atomic E-state index is -3.22. The molecule has 194 valence electrons. The molecule has 0 fully saturated rings. The maximum Gasteiger partial charge on any atom is 0.273 e. The van der Waals surface area contributed by atoms with E-state index in [2.05, 4.69) is 15.6 Å². The van der Waals surface area contributed by atoms with Crippen molar-refractivity contribution in [2.75, 3.05) is 37.6 Å². The van der Waals surface area contributed by atoms with E-state index in [0.717, 1.165) is 11.8 Å². The quantitative estimate of drug-likeness (QED) is 0.433. The number of hydrogen-bond donors (Lipinski definition) is 3. The molecule has 3 N–H and O–H groups in total. The number of carbonyl (C=O) groups excluding carboxylic acids is 2. The van der Waals surface area contributed by atoms with Crippen LogP contribution in [0.4, 0.5) is 5.69 Å². The Morgan fingerprint density at radius 1 is 1.22 bits per heavy atom. The number of carbonyl (C=O) groups is 2. The molecular weight excluding hydrogens is 482 g/mol. The zero-order valence-electron chi connectivity index (χ0n) is 21.5. The van der Waals surface area contributed by atoms with Crippen LogP contribution in [0.2, 0.25) is 0 Å². The van der Waals surface area contributed by atoms with Gasteiger partial charge in [-0.2, -0.15) is 0 Å². The number of aromatic nitrogens is 1. The molecule has 1 amide bonds. The third-order valence-electron chi connectivity index (χ3n) is 5.72. The first-order chi connectivity index (χ1) is 16.7. The summed E-state index contributed by atoms with van der Waals surface area (Å²) in [6.45, 7) is 8.37. The van der Waals surface area contributed by atoms with Gasteiger partial charge in [0.15, 0.2) is 27.1 Å². The Balaban J connectivity index is 1.85. The zero-order valence-corrected chi connectivity index (χ0v) is 22.3. The molecule has 2 aromatic rings. The third-order valence-corrected chi connectivity index (χ3v) is 6.39. The van der Waals surface area contributed by atoms with E-state index >= 15 is 0 Å². The highest BCUT2D eigenvalue weighted by molar-refractivity contribution is 7.90. The Bertz CT molecular complexity index is 1310. The molecule has 1 aromatic heterocycles. The molecule has 3 rings (SSSR count). The lowest BCUT2D eigenvalue weighted by Crippen LogP contribution is -2.31. The van der Waals surface area contributed by atoms with Crippen LogP contribution in [0.5, 0.6) is 5.75 Å². The zero-order chi connectivity index (χ0) is 26.8. The highest BCUT2D eigenvalue weighted by atomic mass is 32.2. The molecule has 1 aliphatic heterocycles. The fourth-order valence-corrected chi connectivity index (χ4v) is 4.36. The van der Waals surface area contributed by atoms with Crippen molar-refractivity contribution in [1.82, 2.24) is 15.2 Å². The largest absolute Gasteiger partial charge is 0.491 e. The topological polar surface area (TPSA) is 142 Å². The Morgan fingerprint density at radius 3 is 2.50 bits per heavy atom. The van der Waals surface area contributed by atoms with Crippen LogP contribution in [0.1, 0.15) is 65.4 Å². The normalized spacial score (nSPS) is 13.4. The summed E-state index contributed by atoms with van der Waals surface area (Å²) in [6.07, 6.45) is 1.15. The average Bonchev–Trinajstić information content (AvgIpc) is 3.09. The van der Waals surface area contributed by atoms with Crippen molar-refractivity contribution in [2.45, 2.75) is 39.7 Å². The second-order valence-corrected chi connectivity index (χ2v) is 11.9. The fourth-order valence-electron chi connectivity index (χ4n) is 3.94. The molecule has 1 aliphatic rings. The van der Waals surface area contributed by atoms with E-state index in [1.165, 1.54) is 7.05 Å². The van der Waals surface area contributed by atoms with Crippen LogP contribution in [0.15, 0.2) is 24.3 Å². The van der Waals surface area contributed by atoms with Crippen LogP contribution >= 0.6 is 0 Å². The number of nitrogens with one attached hydrogen (secondary N) is 3. The number of sulfone groups is 1. The summed E-state index contributed by atoms with van der Waals surface area (Å²) in [7, 11) is -1.73. The number of hydrogen-bond acceptors (Lipinski definition) is 8. The first-order valence-electron chi connectivity index (χ1n) is 11.6. The van der Waals surface area contributed by atoms with Crippen LogP contribution in [0.25, 0.3) is 0 Å². The van der Waals surface area contributed by atoms with Crippen molar-refractivity contribution in [3.05, 3.63) is 52.3 Å². The Kier molecular flexibility index (Phi) is 7.73. The van der Waals surface area contributed by atoms with E-state index in [1.54, 1.807) is 29.2 Å². The van der Waals surface area contributed by atoms with Gasteiger partial charge in [-0.3, -0.25) is 15.0 Å². The van der Waals surface area contributed by atoms with Gasteiger partial charge in [-0.05, 0) is 42.2 Å². The Morgan fingerprint density at radius 2 is 1.92 bits per heavy atom. The molecule has 11 heteroatoms.